The maximum absolute atomic E-state index is 12.9. The van der Waals surface area contributed by atoms with Crippen LogP contribution >= 0.6 is 0 Å². The minimum atomic E-state index is -0.452. The van der Waals surface area contributed by atoms with Gasteiger partial charge in [-0.1, -0.05) is 0 Å². The number of rotatable bonds is 6. The highest BCUT2D eigenvalue weighted by atomic mass is 16.5. The van der Waals surface area contributed by atoms with Gasteiger partial charge in [0.05, 0.1) is 18.8 Å². The van der Waals surface area contributed by atoms with Crippen LogP contribution < -0.4 is 10.9 Å². The normalized spacial score (nSPS) is 16.3. The Balaban J connectivity index is 1.54. The molecule has 8 nitrogen and oxygen atoms in total. The average Bonchev–Trinajstić information content (AvgIpc) is 3.42. The first-order chi connectivity index (χ1) is 14.0. The van der Waals surface area contributed by atoms with Crippen LogP contribution in [0.4, 0.5) is 5.82 Å². The molecule has 1 saturated heterocycles. The van der Waals surface area contributed by atoms with Gasteiger partial charge in [0.15, 0.2) is 0 Å². The van der Waals surface area contributed by atoms with Gasteiger partial charge in [-0.05, 0) is 50.5 Å². The second-order valence-corrected chi connectivity index (χ2v) is 7.31. The monoisotopic (exact) mass is 396 g/mol. The van der Waals surface area contributed by atoms with Crippen LogP contribution in [0.25, 0.3) is 0 Å². The Bertz CT molecular complexity index is 1070. The number of carbonyl (C=O) groups excluding carboxylic acids is 1. The summed E-state index contributed by atoms with van der Waals surface area (Å²) in [6.45, 7) is 5.19. The zero-order valence-corrected chi connectivity index (χ0v) is 16.6. The number of hydrogen-bond donors (Lipinski definition) is 1. The van der Waals surface area contributed by atoms with Gasteiger partial charge in [-0.3, -0.25) is 9.59 Å². The Morgan fingerprint density at radius 2 is 2.14 bits per heavy atom. The standard InChI is InChI=1S/C21H24N4O4/c1-14-8-10-24(12-16-4-3-11-28-16)21(27)19(14)20(26)23-18-7-9-22-25(18)13-17-6-5-15(2)29-17/h5-10,16H,3-4,11-13H2,1-2H3,(H,23,26). The molecule has 0 radical (unpaired) electrons. The lowest BCUT2D eigenvalue weighted by molar-refractivity contribution is 0.0952. The van der Waals surface area contributed by atoms with E-state index < -0.39 is 5.91 Å². The molecule has 1 fully saturated rings. The topological polar surface area (TPSA) is 91.3 Å². The predicted octanol–water partition coefficient (Wildman–Crippen LogP) is 2.73. The van der Waals surface area contributed by atoms with Gasteiger partial charge in [0.2, 0.25) is 0 Å². The fourth-order valence-corrected chi connectivity index (χ4v) is 3.55. The van der Waals surface area contributed by atoms with Gasteiger partial charge in [0.25, 0.3) is 11.5 Å². The Labute approximate surface area is 168 Å². The van der Waals surface area contributed by atoms with Crippen LogP contribution in [-0.2, 0) is 17.8 Å². The molecule has 0 spiro atoms. The van der Waals surface area contributed by atoms with E-state index in [1.54, 1.807) is 40.7 Å². The molecule has 0 bridgehead atoms. The number of anilines is 1. The van der Waals surface area contributed by atoms with Gasteiger partial charge in [0, 0.05) is 18.9 Å². The van der Waals surface area contributed by atoms with Crippen LogP contribution in [-0.4, -0.2) is 33.0 Å². The summed E-state index contributed by atoms with van der Waals surface area (Å²) in [6, 6.07) is 7.22. The van der Waals surface area contributed by atoms with Gasteiger partial charge in [-0.25, -0.2) is 4.68 Å². The molecular weight excluding hydrogens is 372 g/mol. The molecule has 0 aromatic carbocycles. The number of amides is 1. The highest BCUT2D eigenvalue weighted by molar-refractivity contribution is 6.04. The molecule has 8 heteroatoms. The third-order valence-electron chi connectivity index (χ3n) is 5.08. The van der Waals surface area contributed by atoms with E-state index in [2.05, 4.69) is 10.4 Å². The third-order valence-corrected chi connectivity index (χ3v) is 5.08. The first-order valence-corrected chi connectivity index (χ1v) is 9.71. The highest BCUT2D eigenvalue weighted by Gasteiger charge is 2.21. The largest absolute Gasteiger partial charge is 0.464 e. The smallest absolute Gasteiger partial charge is 0.263 e. The molecule has 1 amide bonds. The Hall–Kier alpha value is -3.13. The molecule has 152 valence electrons. The number of nitrogens with one attached hydrogen (secondary N) is 1. The van der Waals surface area contributed by atoms with E-state index in [4.69, 9.17) is 9.15 Å². The van der Waals surface area contributed by atoms with E-state index in [1.807, 2.05) is 19.1 Å². The zero-order valence-electron chi connectivity index (χ0n) is 16.6. The Morgan fingerprint density at radius 3 is 2.86 bits per heavy atom. The summed E-state index contributed by atoms with van der Waals surface area (Å²) >= 11 is 0. The SMILES string of the molecule is Cc1ccc(Cn2nccc2NC(=O)c2c(C)ccn(CC3CCCO3)c2=O)o1. The van der Waals surface area contributed by atoms with E-state index in [0.29, 0.717) is 24.5 Å². The molecule has 1 aliphatic rings. The molecular formula is C21H24N4O4. The zero-order chi connectivity index (χ0) is 20.4. The summed E-state index contributed by atoms with van der Waals surface area (Å²) in [7, 11) is 0. The third kappa shape index (κ3) is 4.17. The molecule has 0 aliphatic carbocycles. The van der Waals surface area contributed by atoms with Crippen molar-refractivity contribution in [1.29, 1.82) is 0 Å². The second kappa shape index (κ2) is 8.08. The number of hydrogen-bond acceptors (Lipinski definition) is 5. The summed E-state index contributed by atoms with van der Waals surface area (Å²) in [5.41, 5.74) is 0.446. The predicted molar refractivity (Wildman–Crippen MR) is 107 cm³/mol. The van der Waals surface area contributed by atoms with Crippen LogP contribution in [0.2, 0.25) is 0 Å². The number of ether oxygens (including phenoxy) is 1. The van der Waals surface area contributed by atoms with Gasteiger partial charge >= 0.3 is 0 Å². The number of pyridine rings is 1. The molecule has 1 N–H and O–H groups in total. The van der Waals surface area contributed by atoms with Crippen molar-refractivity contribution in [2.45, 2.75) is 45.9 Å². The summed E-state index contributed by atoms with van der Waals surface area (Å²) in [6.07, 6.45) is 5.26. The summed E-state index contributed by atoms with van der Waals surface area (Å²) in [5.74, 6) is 1.59. The number of aryl methyl sites for hydroxylation is 2. The molecule has 3 aromatic heterocycles. The van der Waals surface area contributed by atoms with Gasteiger partial charge in [-0.15, -0.1) is 0 Å². The minimum Gasteiger partial charge on any atom is -0.464 e. The lowest BCUT2D eigenvalue weighted by Crippen LogP contribution is -2.33. The van der Waals surface area contributed by atoms with E-state index in [1.165, 1.54) is 0 Å². The fourth-order valence-electron chi connectivity index (χ4n) is 3.55. The van der Waals surface area contributed by atoms with E-state index in [-0.39, 0.29) is 17.2 Å². The molecule has 1 aliphatic heterocycles. The fraction of sp³-hybridized carbons (Fsp3) is 0.381. The van der Waals surface area contributed by atoms with Crippen molar-refractivity contribution in [2.75, 3.05) is 11.9 Å². The van der Waals surface area contributed by atoms with E-state index in [0.717, 1.165) is 31.0 Å². The molecule has 1 atom stereocenters. The van der Waals surface area contributed by atoms with Crippen molar-refractivity contribution in [3.8, 4) is 0 Å². The quantitative estimate of drug-likeness (QED) is 0.692. The second-order valence-electron chi connectivity index (χ2n) is 7.31. The van der Waals surface area contributed by atoms with Crippen molar-refractivity contribution < 1.29 is 13.9 Å². The molecule has 4 rings (SSSR count). The Kier molecular flexibility index (Phi) is 5.35. The van der Waals surface area contributed by atoms with Crippen molar-refractivity contribution >= 4 is 11.7 Å². The minimum absolute atomic E-state index is 0.0181. The summed E-state index contributed by atoms with van der Waals surface area (Å²) in [4.78, 5) is 25.9. The lowest BCUT2D eigenvalue weighted by Gasteiger charge is -2.14. The maximum Gasteiger partial charge on any atom is 0.263 e. The van der Waals surface area contributed by atoms with Crippen LogP contribution in [0.1, 0.15) is 40.3 Å². The number of furan rings is 1. The first-order valence-electron chi connectivity index (χ1n) is 9.71. The van der Waals surface area contributed by atoms with Gasteiger partial charge < -0.3 is 19.0 Å². The van der Waals surface area contributed by atoms with Crippen molar-refractivity contribution in [3.05, 3.63) is 69.7 Å². The highest BCUT2D eigenvalue weighted by Crippen LogP contribution is 2.16. The van der Waals surface area contributed by atoms with Crippen molar-refractivity contribution in [2.24, 2.45) is 0 Å². The van der Waals surface area contributed by atoms with E-state index in [9.17, 15) is 9.59 Å². The average molecular weight is 396 g/mol. The van der Waals surface area contributed by atoms with Crippen LogP contribution in [0.15, 0.2) is 45.9 Å². The molecule has 3 aromatic rings. The van der Waals surface area contributed by atoms with Crippen molar-refractivity contribution in [3.63, 3.8) is 0 Å². The number of aromatic nitrogens is 3. The molecule has 1 unspecified atom stereocenters. The molecule has 0 saturated carbocycles. The Morgan fingerprint density at radius 1 is 1.28 bits per heavy atom. The van der Waals surface area contributed by atoms with E-state index >= 15 is 0 Å². The van der Waals surface area contributed by atoms with Gasteiger partial charge in [0.1, 0.15) is 29.4 Å². The van der Waals surface area contributed by atoms with Crippen LogP contribution in [0.5, 0.6) is 0 Å². The number of carbonyl (C=O) groups is 1. The number of nitrogens with zero attached hydrogens (tertiary/aromatic N) is 3. The summed E-state index contributed by atoms with van der Waals surface area (Å²) < 4.78 is 14.4. The molecule has 4 heterocycles. The summed E-state index contributed by atoms with van der Waals surface area (Å²) in [5, 5.41) is 7.05. The maximum atomic E-state index is 12.9. The van der Waals surface area contributed by atoms with Crippen molar-refractivity contribution in [1.82, 2.24) is 14.3 Å². The molecule has 29 heavy (non-hydrogen) atoms. The first kappa shape index (κ1) is 19.2. The lowest BCUT2D eigenvalue weighted by atomic mass is 10.1. The van der Waals surface area contributed by atoms with Crippen LogP contribution in [0, 0.1) is 13.8 Å². The van der Waals surface area contributed by atoms with Crippen LogP contribution in [0.3, 0.4) is 0 Å². The van der Waals surface area contributed by atoms with Gasteiger partial charge in [-0.2, -0.15) is 5.10 Å².